The highest BCUT2D eigenvalue weighted by atomic mass is 35.5. The molecule has 0 spiro atoms. The Morgan fingerprint density at radius 3 is 2.19 bits per heavy atom. The molecular weight excluding hydrogens is 362 g/mol. The minimum absolute atomic E-state index is 0.0364. The van der Waals surface area contributed by atoms with Crippen LogP contribution < -0.4 is 5.73 Å². The number of nitrogens with zero attached hydrogens (tertiary/aromatic N) is 2. The van der Waals surface area contributed by atoms with Crippen molar-refractivity contribution in [1.82, 2.24) is 9.80 Å². The molecule has 1 aliphatic heterocycles. The lowest BCUT2D eigenvalue weighted by Gasteiger charge is -2.38. The Kier molecular flexibility index (Phi) is 5.82. The van der Waals surface area contributed by atoms with E-state index >= 15 is 0 Å². The van der Waals surface area contributed by atoms with Crippen LogP contribution in [0.1, 0.15) is 33.1 Å². The zero-order valence-corrected chi connectivity index (χ0v) is 16.4. The van der Waals surface area contributed by atoms with Gasteiger partial charge in [0.2, 0.25) is 5.91 Å². The molecule has 1 fully saturated rings. The van der Waals surface area contributed by atoms with E-state index in [1.807, 2.05) is 54.0 Å². The number of primary amides is 1. The molecule has 1 aliphatic rings. The van der Waals surface area contributed by atoms with Gasteiger partial charge in [-0.15, -0.1) is 0 Å². The molecule has 2 aromatic rings. The molecule has 1 heterocycles. The van der Waals surface area contributed by atoms with Crippen molar-refractivity contribution < 1.29 is 9.59 Å². The summed E-state index contributed by atoms with van der Waals surface area (Å²) in [6, 6.07) is 12.5. The fourth-order valence-electron chi connectivity index (χ4n) is 3.61. The predicted molar refractivity (Wildman–Crippen MR) is 107 cm³/mol. The van der Waals surface area contributed by atoms with Crippen LogP contribution in [0.4, 0.5) is 0 Å². The number of benzene rings is 2. The van der Waals surface area contributed by atoms with Crippen molar-refractivity contribution >= 4 is 23.4 Å². The molecule has 2 aromatic carbocycles. The van der Waals surface area contributed by atoms with Gasteiger partial charge in [-0.3, -0.25) is 14.5 Å². The van der Waals surface area contributed by atoms with Gasteiger partial charge in [-0.05, 0) is 43.2 Å². The summed E-state index contributed by atoms with van der Waals surface area (Å²) in [6.07, 6.45) is 0. The first kappa shape index (κ1) is 19.4. The Bertz CT molecular complexity index is 843. The molecular formula is C21H24ClN3O2. The van der Waals surface area contributed by atoms with Crippen LogP contribution in [0.5, 0.6) is 0 Å². The molecule has 0 aromatic heterocycles. The molecule has 0 radical (unpaired) electrons. The fraction of sp³-hybridized carbons (Fsp3) is 0.333. The third-order valence-corrected chi connectivity index (χ3v) is 5.29. The van der Waals surface area contributed by atoms with Gasteiger partial charge in [0.25, 0.3) is 5.91 Å². The lowest BCUT2D eigenvalue weighted by molar-refractivity contribution is -0.124. The van der Waals surface area contributed by atoms with Gasteiger partial charge in [0.1, 0.15) is 6.04 Å². The lowest BCUT2D eigenvalue weighted by atomic mass is 10.0. The fourth-order valence-corrected chi connectivity index (χ4v) is 3.73. The third kappa shape index (κ3) is 4.31. The van der Waals surface area contributed by atoms with E-state index in [0.29, 0.717) is 31.2 Å². The summed E-state index contributed by atoms with van der Waals surface area (Å²) in [5, 5.41) is 0.617. The Balaban J connectivity index is 1.70. The Labute approximate surface area is 164 Å². The third-order valence-electron chi connectivity index (χ3n) is 5.03. The number of amides is 2. The number of hydrogen-bond donors (Lipinski definition) is 1. The number of hydrogen-bond acceptors (Lipinski definition) is 3. The summed E-state index contributed by atoms with van der Waals surface area (Å²) in [4.78, 5) is 28.8. The van der Waals surface area contributed by atoms with Gasteiger partial charge < -0.3 is 10.6 Å². The summed E-state index contributed by atoms with van der Waals surface area (Å²) >= 11 is 5.94. The van der Waals surface area contributed by atoms with Crippen LogP contribution in [0.3, 0.4) is 0 Å². The van der Waals surface area contributed by atoms with Crippen molar-refractivity contribution in [3.05, 3.63) is 69.7 Å². The van der Waals surface area contributed by atoms with E-state index in [2.05, 4.69) is 0 Å². The Morgan fingerprint density at radius 2 is 1.63 bits per heavy atom. The van der Waals surface area contributed by atoms with Crippen LogP contribution in [0.15, 0.2) is 42.5 Å². The monoisotopic (exact) mass is 385 g/mol. The summed E-state index contributed by atoms with van der Waals surface area (Å²) < 4.78 is 0. The van der Waals surface area contributed by atoms with Crippen LogP contribution in [-0.4, -0.2) is 47.8 Å². The SMILES string of the molecule is Cc1ccc(C(=O)N2CCN([C@H](C(N)=O)c3ccc(Cl)cc3)CC2)c(C)c1. The molecule has 142 valence electrons. The molecule has 0 unspecified atom stereocenters. The molecule has 6 heteroatoms. The van der Waals surface area contributed by atoms with Gasteiger partial charge >= 0.3 is 0 Å². The lowest BCUT2D eigenvalue weighted by Crippen LogP contribution is -2.52. The van der Waals surface area contributed by atoms with E-state index in [0.717, 1.165) is 22.3 Å². The average Bonchev–Trinajstić information content (AvgIpc) is 2.63. The van der Waals surface area contributed by atoms with Crippen molar-refractivity contribution in [2.45, 2.75) is 19.9 Å². The topological polar surface area (TPSA) is 66.6 Å². The number of nitrogens with two attached hydrogens (primary N) is 1. The van der Waals surface area contributed by atoms with Crippen LogP contribution in [0.2, 0.25) is 5.02 Å². The summed E-state index contributed by atoms with van der Waals surface area (Å²) in [5.41, 5.74) is 9.34. The first-order valence-electron chi connectivity index (χ1n) is 9.02. The first-order chi connectivity index (χ1) is 12.9. The summed E-state index contributed by atoms with van der Waals surface area (Å²) in [7, 11) is 0. The number of halogens is 1. The van der Waals surface area contributed by atoms with Crippen molar-refractivity contribution in [2.75, 3.05) is 26.2 Å². The largest absolute Gasteiger partial charge is 0.368 e. The summed E-state index contributed by atoms with van der Waals surface area (Å²) in [6.45, 7) is 6.27. The quantitative estimate of drug-likeness (QED) is 0.879. The zero-order chi connectivity index (χ0) is 19.6. The highest BCUT2D eigenvalue weighted by Crippen LogP contribution is 2.24. The molecule has 27 heavy (non-hydrogen) atoms. The van der Waals surface area contributed by atoms with E-state index in [1.54, 1.807) is 12.1 Å². The highest BCUT2D eigenvalue weighted by molar-refractivity contribution is 6.30. The molecule has 0 saturated carbocycles. The number of piperazine rings is 1. The Morgan fingerprint density at radius 1 is 1.00 bits per heavy atom. The number of carbonyl (C=O) groups is 2. The van der Waals surface area contributed by atoms with E-state index < -0.39 is 11.9 Å². The molecule has 1 atom stereocenters. The molecule has 5 nitrogen and oxygen atoms in total. The van der Waals surface area contributed by atoms with Crippen LogP contribution in [0, 0.1) is 13.8 Å². The van der Waals surface area contributed by atoms with E-state index in [1.165, 1.54) is 0 Å². The van der Waals surface area contributed by atoms with Crippen LogP contribution >= 0.6 is 11.6 Å². The van der Waals surface area contributed by atoms with Crippen molar-refractivity contribution in [3.8, 4) is 0 Å². The molecule has 1 saturated heterocycles. The maximum absolute atomic E-state index is 12.9. The van der Waals surface area contributed by atoms with Gasteiger partial charge in [0.15, 0.2) is 0 Å². The number of carbonyl (C=O) groups excluding carboxylic acids is 2. The number of rotatable bonds is 4. The average molecular weight is 386 g/mol. The minimum Gasteiger partial charge on any atom is -0.368 e. The van der Waals surface area contributed by atoms with Crippen molar-refractivity contribution in [2.24, 2.45) is 5.73 Å². The maximum Gasteiger partial charge on any atom is 0.254 e. The molecule has 2 amide bonds. The molecule has 0 bridgehead atoms. The Hall–Kier alpha value is -2.37. The standard InChI is InChI=1S/C21H24ClN3O2/c1-14-3-8-18(15(2)13-14)21(27)25-11-9-24(10-12-25)19(20(23)26)16-4-6-17(22)7-5-16/h3-8,13,19H,9-12H2,1-2H3,(H2,23,26)/t19-/m0/s1. The second kappa shape index (κ2) is 8.11. The zero-order valence-electron chi connectivity index (χ0n) is 15.6. The smallest absolute Gasteiger partial charge is 0.254 e. The van der Waals surface area contributed by atoms with E-state index in [4.69, 9.17) is 17.3 Å². The second-order valence-corrected chi connectivity index (χ2v) is 7.44. The summed E-state index contributed by atoms with van der Waals surface area (Å²) in [5.74, 6) is -0.360. The van der Waals surface area contributed by atoms with Gasteiger partial charge in [-0.2, -0.15) is 0 Å². The molecule has 3 rings (SSSR count). The second-order valence-electron chi connectivity index (χ2n) is 7.00. The molecule has 0 aliphatic carbocycles. The minimum atomic E-state index is -0.513. The van der Waals surface area contributed by atoms with E-state index in [-0.39, 0.29) is 5.91 Å². The number of aryl methyl sites for hydroxylation is 2. The molecule has 2 N–H and O–H groups in total. The van der Waals surface area contributed by atoms with Crippen molar-refractivity contribution in [1.29, 1.82) is 0 Å². The normalized spacial score (nSPS) is 16.2. The van der Waals surface area contributed by atoms with Gasteiger partial charge in [0.05, 0.1) is 0 Å². The maximum atomic E-state index is 12.9. The van der Waals surface area contributed by atoms with Crippen LogP contribution in [-0.2, 0) is 4.79 Å². The van der Waals surface area contributed by atoms with Gasteiger partial charge in [0, 0.05) is 36.8 Å². The van der Waals surface area contributed by atoms with Crippen molar-refractivity contribution in [3.63, 3.8) is 0 Å². The van der Waals surface area contributed by atoms with Gasteiger partial charge in [-0.1, -0.05) is 41.4 Å². The highest BCUT2D eigenvalue weighted by Gasteiger charge is 2.30. The first-order valence-corrected chi connectivity index (χ1v) is 9.40. The predicted octanol–water partition coefficient (Wildman–Crippen LogP) is 2.94. The van der Waals surface area contributed by atoms with E-state index in [9.17, 15) is 9.59 Å². The van der Waals surface area contributed by atoms with Crippen LogP contribution in [0.25, 0.3) is 0 Å². The van der Waals surface area contributed by atoms with Gasteiger partial charge in [-0.25, -0.2) is 0 Å².